The lowest BCUT2D eigenvalue weighted by atomic mass is 10.1. The number of likely N-dealkylation sites (tertiary alicyclic amines) is 1. The number of rotatable bonds is 6. The normalized spacial score (nSPS) is 19.1. The number of aryl methyl sites for hydroxylation is 2. The molecule has 1 fully saturated rings. The predicted octanol–water partition coefficient (Wildman–Crippen LogP) is 3.04. The summed E-state index contributed by atoms with van der Waals surface area (Å²) in [6.45, 7) is 6.76. The molecule has 4 aromatic heterocycles. The summed E-state index contributed by atoms with van der Waals surface area (Å²) in [7, 11) is 4.11. The van der Waals surface area contributed by atoms with Crippen LogP contribution >= 0.6 is 0 Å². The smallest absolute Gasteiger partial charge is 0.154 e. The first-order valence-corrected chi connectivity index (χ1v) is 10.8. The maximum atomic E-state index is 6.28. The Morgan fingerprint density at radius 2 is 1.97 bits per heavy atom. The van der Waals surface area contributed by atoms with Crippen molar-refractivity contribution >= 4 is 17.2 Å². The highest BCUT2D eigenvalue weighted by atomic mass is 16.5. The molecule has 0 radical (unpaired) electrons. The fraction of sp³-hybridized carbons (Fsp3) is 0.391. The maximum absolute atomic E-state index is 6.28. The molecule has 0 amide bonds. The van der Waals surface area contributed by atoms with Gasteiger partial charge >= 0.3 is 0 Å². The zero-order chi connectivity index (χ0) is 22.2. The molecule has 32 heavy (non-hydrogen) atoms. The van der Waals surface area contributed by atoms with Crippen LogP contribution in [0.2, 0.25) is 0 Å². The molecule has 1 aliphatic heterocycles. The van der Waals surface area contributed by atoms with E-state index in [9.17, 15) is 0 Å². The van der Waals surface area contributed by atoms with E-state index in [1.165, 1.54) is 0 Å². The summed E-state index contributed by atoms with van der Waals surface area (Å²) < 4.78 is 10.0. The quantitative estimate of drug-likeness (QED) is 0.501. The number of hydrogen-bond acceptors (Lipinski definition) is 7. The van der Waals surface area contributed by atoms with Gasteiger partial charge in [-0.15, -0.1) is 0 Å². The second-order valence-corrected chi connectivity index (χ2v) is 8.67. The van der Waals surface area contributed by atoms with Crippen molar-refractivity contribution in [3.63, 3.8) is 0 Å². The van der Waals surface area contributed by atoms with E-state index in [1.807, 2.05) is 41.6 Å². The highest BCUT2D eigenvalue weighted by molar-refractivity contribution is 5.71. The largest absolute Gasteiger partial charge is 0.372 e. The Kier molecular flexibility index (Phi) is 5.36. The van der Waals surface area contributed by atoms with Crippen LogP contribution in [0.25, 0.3) is 16.8 Å². The second-order valence-electron chi connectivity index (χ2n) is 8.67. The number of fused-ring (bicyclic) bond motifs is 1. The van der Waals surface area contributed by atoms with E-state index in [0.29, 0.717) is 24.2 Å². The lowest BCUT2D eigenvalue weighted by Crippen LogP contribution is -2.21. The summed E-state index contributed by atoms with van der Waals surface area (Å²) in [6.07, 6.45) is 7.55. The van der Waals surface area contributed by atoms with Crippen LogP contribution in [0, 0.1) is 12.8 Å². The molecule has 5 rings (SSSR count). The summed E-state index contributed by atoms with van der Waals surface area (Å²) in [5.41, 5.74) is 5.08. The highest BCUT2D eigenvalue weighted by Gasteiger charge is 2.28. The van der Waals surface area contributed by atoms with Gasteiger partial charge in [0.2, 0.25) is 0 Å². The first-order valence-electron chi connectivity index (χ1n) is 10.8. The number of likely N-dealkylation sites (N-methyl/N-ethyl adjacent to an activating group) is 1. The maximum Gasteiger partial charge on any atom is 0.154 e. The van der Waals surface area contributed by atoms with Crippen LogP contribution in [0.15, 0.2) is 43.0 Å². The van der Waals surface area contributed by atoms with Gasteiger partial charge in [0, 0.05) is 43.5 Å². The van der Waals surface area contributed by atoms with Crippen LogP contribution in [-0.4, -0.2) is 60.5 Å². The number of pyridine rings is 1. The number of nitrogens with one attached hydrogen (secondary N) is 1. The topological polar surface area (TPSA) is 85.4 Å². The molecule has 2 unspecified atom stereocenters. The van der Waals surface area contributed by atoms with Gasteiger partial charge in [-0.1, -0.05) is 6.92 Å². The molecule has 5 heterocycles. The SMILES string of the molecule is Cc1cnc(Nc2cc3cc(-c4c(COC5CN(C)CC5C)cnn4C)ccn3n2)cn1. The summed E-state index contributed by atoms with van der Waals surface area (Å²) in [4.78, 5) is 10.9. The third-order valence-corrected chi connectivity index (χ3v) is 5.97. The molecule has 0 saturated carbocycles. The summed E-state index contributed by atoms with van der Waals surface area (Å²) in [6, 6.07) is 6.17. The molecule has 2 atom stereocenters. The van der Waals surface area contributed by atoms with Gasteiger partial charge in [-0.25, -0.2) is 9.50 Å². The van der Waals surface area contributed by atoms with Crippen molar-refractivity contribution in [2.75, 3.05) is 25.5 Å². The Bertz CT molecular complexity index is 1230. The molecule has 0 aliphatic carbocycles. The molecule has 9 heteroatoms. The second kappa shape index (κ2) is 8.33. The monoisotopic (exact) mass is 432 g/mol. The summed E-state index contributed by atoms with van der Waals surface area (Å²) >= 11 is 0. The van der Waals surface area contributed by atoms with Gasteiger partial charge in [0.25, 0.3) is 0 Å². The van der Waals surface area contributed by atoms with E-state index < -0.39 is 0 Å². The molecule has 166 valence electrons. The molecule has 0 aromatic carbocycles. The minimum absolute atomic E-state index is 0.254. The molecule has 0 bridgehead atoms. The van der Waals surface area contributed by atoms with E-state index in [0.717, 1.165) is 41.1 Å². The van der Waals surface area contributed by atoms with Crippen LogP contribution in [0.3, 0.4) is 0 Å². The first kappa shape index (κ1) is 20.6. The molecule has 0 spiro atoms. The van der Waals surface area contributed by atoms with Crippen molar-refractivity contribution in [2.45, 2.75) is 26.6 Å². The van der Waals surface area contributed by atoms with Crippen molar-refractivity contribution in [2.24, 2.45) is 13.0 Å². The number of anilines is 2. The van der Waals surface area contributed by atoms with Gasteiger partial charge in [0.1, 0.15) is 5.82 Å². The molecule has 1 aliphatic rings. The standard InChI is InChI=1S/C23H28N8O/c1-15-12-29(3)13-20(15)32-14-18-10-26-30(4)23(18)17-5-6-31-19(7-17)8-21(28-31)27-22-11-24-16(2)9-25-22/h5-11,15,20H,12-14H2,1-4H3,(H,25,27,28). The minimum atomic E-state index is 0.254. The predicted molar refractivity (Wildman–Crippen MR) is 123 cm³/mol. The van der Waals surface area contributed by atoms with Crippen molar-refractivity contribution in [1.29, 1.82) is 0 Å². The van der Waals surface area contributed by atoms with E-state index in [4.69, 9.17) is 4.74 Å². The fourth-order valence-electron chi connectivity index (χ4n) is 4.34. The van der Waals surface area contributed by atoms with E-state index in [1.54, 1.807) is 12.4 Å². The summed E-state index contributed by atoms with van der Waals surface area (Å²) in [5, 5.41) is 12.3. The Labute approximate surface area is 187 Å². The van der Waals surface area contributed by atoms with E-state index in [2.05, 4.69) is 56.5 Å². The van der Waals surface area contributed by atoms with E-state index >= 15 is 0 Å². The van der Waals surface area contributed by atoms with Crippen LogP contribution < -0.4 is 5.32 Å². The van der Waals surface area contributed by atoms with Gasteiger partial charge in [0.15, 0.2) is 5.82 Å². The molecule has 1 N–H and O–H groups in total. The number of aromatic nitrogens is 6. The van der Waals surface area contributed by atoms with Crippen LogP contribution in [0.4, 0.5) is 11.6 Å². The Morgan fingerprint density at radius 3 is 2.72 bits per heavy atom. The Hall–Kier alpha value is -3.30. The van der Waals surface area contributed by atoms with Crippen LogP contribution in [-0.2, 0) is 18.4 Å². The lowest BCUT2D eigenvalue weighted by molar-refractivity contribution is 0.0273. The molecular weight excluding hydrogens is 404 g/mol. The third-order valence-electron chi connectivity index (χ3n) is 5.97. The summed E-state index contributed by atoms with van der Waals surface area (Å²) in [5.74, 6) is 1.91. The van der Waals surface area contributed by atoms with Gasteiger partial charge in [-0.05, 0) is 32.0 Å². The zero-order valence-electron chi connectivity index (χ0n) is 18.9. The number of ether oxygens (including phenoxy) is 1. The Balaban J connectivity index is 1.37. The molecule has 4 aromatic rings. The Morgan fingerprint density at radius 1 is 1.09 bits per heavy atom. The highest BCUT2D eigenvalue weighted by Crippen LogP contribution is 2.28. The van der Waals surface area contributed by atoms with Crippen molar-refractivity contribution in [3.05, 3.63) is 54.2 Å². The lowest BCUT2D eigenvalue weighted by Gasteiger charge is -2.16. The van der Waals surface area contributed by atoms with Gasteiger partial charge in [0.05, 0.1) is 48.2 Å². The average molecular weight is 433 g/mol. The fourth-order valence-corrected chi connectivity index (χ4v) is 4.34. The van der Waals surface area contributed by atoms with Crippen molar-refractivity contribution in [3.8, 4) is 11.3 Å². The van der Waals surface area contributed by atoms with Crippen LogP contribution in [0.5, 0.6) is 0 Å². The van der Waals surface area contributed by atoms with Gasteiger partial charge in [-0.2, -0.15) is 10.2 Å². The molecule has 1 saturated heterocycles. The molecule has 9 nitrogen and oxygen atoms in total. The zero-order valence-corrected chi connectivity index (χ0v) is 18.9. The van der Waals surface area contributed by atoms with E-state index in [-0.39, 0.29) is 6.10 Å². The van der Waals surface area contributed by atoms with Crippen molar-refractivity contribution in [1.82, 2.24) is 34.3 Å². The first-order chi connectivity index (χ1) is 15.5. The van der Waals surface area contributed by atoms with Gasteiger partial charge in [-0.3, -0.25) is 9.67 Å². The number of nitrogens with zero attached hydrogens (tertiary/aromatic N) is 7. The number of hydrogen-bond donors (Lipinski definition) is 1. The van der Waals surface area contributed by atoms with Gasteiger partial charge < -0.3 is 15.0 Å². The average Bonchev–Trinajstić information content (AvgIpc) is 3.43. The molecular formula is C23H28N8O. The van der Waals surface area contributed by atoms with Crippen molar-refractivity contribution < 1.29 is 4.74 Å². The third kappa shape index (κ3) is 4.09. The minimum Gasteiger partial charge on any atom is -0.372 e. The van der Waals surface area contributed by atoms with Crippen LogP contribution in [0.1, 0.15) is 18.2 Å².